The summed E-state index contributed by atoms with van der Waals surface area (Å²) in [5.41, 5.74) is 1.40. The van der Waals surface area contributed by atoms with Crippen LogP contribution in [0, 0.1) is 0 Å². The largest absolute Gasteiger partial charge is 0.748 e. The van der Waals surface area contributed by atoms with Gasteiger partial charge in [-0.1, -0.05) is 30.3 Å². The number of quaternary nitrogens is 1. The molecule has 0 unspecified atom stereocenters. The van der Waals surface area contributed by atoms with Crippen molar-refractivity contribution in [3.05, 3.63) is 35.9 Å². The van der Waals surface area contributed by atoms with Crippen molar-refractivity contribution < 1.29 is 17.5 Å². The first-order chi connectivity index (χ1) is 7.08. The molecular weight excluding hydrogens is 226 g/mol. The Balaban J connectivity index is 0.000000385. The fraction of sp³-hybridized carbons (Fsp3) is 0.455. The molecular formula is C11H19NO3S. The van der Waals surface area contributed by atoms with Crippen molar-refractivity contribution in [2.45, 2.75) is 6.54 Å². The zero-order chi connectivity index (χ0) is 12.8. The molecule has 0 heterocycles. The van der Waals surface area contributed by atoms with Gasteiger partial charge in [-0.3, -0.25) is 0 Å². The summed E-state index contributed by atoms with van der Waals surface area (Å²) in [6, 6.07) is 10.6. The molecule has 0 N–H and O–H groups in total. The number of hydrogen-bond donors (Lipinski definition) is 0. The third kappa shape index (κ3) is 13.1. The van der Waals surface area contributed by atoms with Gasteiger partial charge in [0.05, 0.1) is 31.3 Å². The summed E-state index contributed by atoms with van der Waals surface area (Å²) in [6.45, 7) is 1.10. The van der Waals surface area contributed by atoms with Crippen molar-refractivity contribution in [2.75, 3.05) is 27.4 Å². The van der Waals surface area contributed by atoms with Crippen LogP contribution in [-0.4, -0.2) is 44.9 Å². The van der Waals surface area contributed by atoms with E-state index in [1.165, 1.54) is 5.56 Å². The lowest BCUT2D eigenvalue weighted by atomic mass is 10.2. The second-order valence-corrected chi connectivity index (χ2v) is 6.05. The summed E-state index contributed by atoms with van der Waals surface area (Å²) < 4.78 is 28.2. The number of benzene rings is 1. The van der Waals surface area contributed by atoms with Crippen LogP contribution in [0.15, 0.2) is 30.3 Å². The first-order valence-corrected chi connectivity index (χ1v) is 6.65. The molecule has 0 bridgehead atoms. The lowest BCUT2D eigenvalue weighted by Crippen LogP contribution is -2.33. The standard InChI is InChI=1S/C10H16N.CH4O3S/c1-11(2,3)9-10-7-5-4-6-8-10;1-5(2,3)4/h4-8H,9H2,1-3H3;1H3,(H,2,3,4)/q+1;/p-1. The maximum absolute atomic E-state index is 9.08. The summed E-state index contributed by atoms with van der Waals surface area (Å²) >= 11 is 0. The van der Waals surface area contributed by atoms with Gasteiger partial charge in [-0.15, -0.1) is 0 Å². The minimum Gasteiger partial charge on any atom is -0.748 e. The van der Waals surface area contributed by atoms with Crippen LogP contribution >= 0.6 is 0 Å². The minimum atomic E-state index is -3.92. The van der Waals surface area contributed by atoms with Gasteiger partial charge >= 0.3 is 0 Å². The van der Waals surface area contributed by atoms with Gasteiger partial charge in [-0.25, -0.2) is 8.42 Å². The van der Waals surface area contributed by atoms with Crippen molar-refractivity contribution in [2.24, 2.45) is 0 Å². The first kappa shape index (κ1) is 15.1. The molecule has 1 aromatic rings. The van der Waals surface area contributed by atoms with Crippen LogP contribution in [-0.2, 0) is 16.7 Å². The highest BCUT2D eigenvalue weighted by atomic mass is 32.2. The summed E-state index contributed by atoms with van der Waals surface area (Å²) in [5, 5.41) is 0. The van der Waals surface area contributed by atoms with Gasteiger partial charge in [-0.05, 0) is 0 Å². The molecule has 1 rings (SSSR count). The summed E-state index contributed by atoms with van der Waals surface area (Å²) in [7, 11) is 2.69. The van der Waals surface area contributed by atoms with E-state index in [1.807, 2.05) is 0 Å². The highest BCUT2D eigenvalue weighted by Crippen LogP contribution is 2.05. The third-order valence-corrected chi connectivity index (χ3v) is 1.50. The Morgan fingerprint density at radius 2 is 1.50 bits per heavy atom. The zero-order valence-corrected chi connectivity index (χ0v) is 11.0. The van der Waals surface area contributed by atoms with Crippen molar-refractivity contribution in [3.63, 3.8) is 0 Å². The van der Waals surface area contributed by atoms with Crippen LogP contribution in [0.1, 0.15) is 5.56 Å². The normalized spacial score (nSPS) is 11.6. The topological polar surface area (TPSA) is 57.2 Å². The van der Waals surface area contributed by atoms with Gasteiger partial charge < -0.3 is 9.04 Å². The summed E-state index contributed by atoms with van der Waals surface area (Å²) in [6.07, 6.45) is 0.604. The second-order valence-electron chi connectivity index (χ2n) is 4.64. The Bertz CT molecular complexity index is 385. The molecule has 0 aliphatic rings. The molecule has 0 amide bonds. The highest BCUT2D eigenvalue weighted by molar-refractivity contribution is 7.84. The number of rotatable bonds is 2. The predicted octanol–water partition coefficient (Wildman–Crippen LogP) is 1.05. The maximum atomic E-state index is 9.08. The fourth-order valence-corrected chi connectivity index (χ4v) is 1.13. The van der Waals surface area contributed by atoms with Crippen LogP contribution in [0.25, 0.3) is 0 Å². The Kier molecular flexibility index (Phi) is 5.64. The van der Waals surface area contributed by atoms with Gasteiger partial charge in [0, 0.05) is 11.8 Å². The van der Waals surface area contributed by atoms with Crippen LogP contribution in [0.2, 0.25) is 0 Å². The molecule has 0 aromatic heterocycles. The van der Waals surface area contributed by atoms with E-state index < -0.39 is 10.1 Å². The SMILES string of the molecule is CS(=O)(=O)[O-].C[N+](C)(C)Cc1ccccc1. The Morgan fingerprint density at radius 1 is 1.12 bits per heavy atom. The molecule has 0 fully saturated rings. The molecule has 0 atom stereocenters. The second kappa shape index (κ2) is 5.98. The lowest BCUT2D eigenvalue weighted by molar-refractivity contribution is -0.884. The van der Waals surface area contributed by atoms with Gasteiger partial charge in [0.15, 0.2) is 0 Å². The molecule has 0 saturated heterocycles. The van der Waals surface area contributed by atoms with E-state index in [2.05, 4.69) is 51.5 Å². The molecule has 0 aliphatic carbocycles. The summed E-state index contributed by atoms with van der Waals surface area (Å²) in [5.74, 6) is 0. The van der Waals surface area contributed by atoms with Crippen molar-refractivity contribution in [3.8, 4) is 0 Å². The molecule has 1 aromatic carbocycles. The van der Waals surface area contributed by atoms with Gasteiger partial charge in [0.1, 0.15) is 6.54 Å². The van der Waals surface area contributed by atoms with E-state index in [1.54, 1.807) is 0 Å². The summed E-state index contributed by atoms with van der Waals surface area (Å²) in [4.78, 5) is 0. The third-order valence-electron chi connectivity index (χ3n) is 1.50. The van der Waals surface area contributed by atoms with E-state index in [-0.39, 0.29) is 0 Å². The average molecular weight is 245 g/mol. The fourth-order valence-electron chi connectivity index (χ4n) is 1.13. The Hall–Kier alpha value is -0.910. The smallest absolute Gasteiger partial charge is 0.104 e. The van der Waals surface area contributed by atoms with Gasteiger partial charge in [0.2, 0.25) is 0 Å². The molecule has 16 heavy (non-hydrogen) atoms. The van der Waals surface area contributed by atoms with Crippen molar-refractivity contribution in [1.82, 2.24) is 0 Å². The first-order valence-electron chi connectivity index (χ1n) is 4.83. The van der Waals surface area contributed by atoms with Crippen LogP contribution in [0.3, 0.4) is 0 Å². The maximum Gasteiger partial charge on any atom is 0.104 e. The highest BCUT2D eigenvalue weighted by Gasteiger charge is 2.06. The number of nitrogens with zero attached hydrogens (tertiary/aromatic N) is 1. The molecule has 0 radical (unpaired) electrons. The Morgan fingerprint density at radius 3 is 1.81 bits per heavy atom. The molecule has 0 saturated carbocycles. The van der Waals surface area contributed by atoms with Crippen LogP contribution in [0.4, 0.5) is 0 Å². The van der Waals surface area contributed by atoms with E-state index >= 15 is 0 Å². The predicted molar refractivity (Wildman–Crippen MR) is 63.8 cm³/mol. The van der Waals surface area contributed by atoms with Gasteiger partial charge in [0.25, 0.3) is 0 Å². The minimum absolute atomic E-state index is 0.604. The Labute approximate surface area is 97.9 Å². The van der Waals surface area contributed by atoms with Crippen molar-refractivity contribution >= 4 is 10.1 Å². The van der Waals surface area contributed by atoms with E-state index in [0.29, 0.717) is 6.26 Å². The zero-order valence-electron chi connectivity index (χ0n) is 10.2. The molecule has 4 nitrogen and oxygen atoms in total. The van der Waals surface area contributed by atoms with Gasteiger partial charge in [-0.2, -0.15) is 0 Å². The quantitative estimate of drug-likeness (QED) is 0.578. The average Bonchev–Trinajstić information content (AvgIpc) is 1.99. The molecule has 92 valence electrons. The van der Waals surface area contributed by atoms with E-state index in [4.69, 9.17) is 13.0 Å². The van der Waals surface area contributed by atoms with E-state index in [0.717, 1.165) is 11.0 Å². The monoisotopic (exact) mass is 245 g/mol. The molecule has 0 aliphatic heterocycles. The van der Waals surface area contributed by atoms with Crippen molar-refractivity contribution in [1.29, 1.82) is 0 Å². The molecule has 5 heteroatoms. The van der Waals surface area contributed by atoms with Crippen LogP contribution in [0.5, 0.6) is 0 Å². The lowest BCUT2D eigenvalue weighted by Gasteiger charge is -2.23. The number of hydrogen-bond acceptors (Lipinski definition) is 3. The molecule has 0 spiro atoms. The van der Waals surface area contributed by atoms with E-state index in [9.17, 15) is 0 Å². The van der Waals surface area contributed by atoms with Crippen LogP contribution < -0.4 is 0 Å².